The maximum atomic E-state index is 12.9. The summed E-state index contributed by atoms with van der Waals surface area (Å²) in [7, 11) is 1.58. The van der Waals surface area contributed by atoms with Crippen LogP contribution in [0.5, 0.6) is 0 Å². The van der Waals surface area contributed by atoms with E-state index in [0.717, 1.165) is 12.1 Å². The van der Waals surface area contributed by atoms with Crippen LogP contribution in [0.1, 0.15) is 21.6 Å². The molecule has 0 aliphatic carbocycles. The summed E-state index contributed by atoms with van der Waals surface area (Å²) >= 11 is 0. The maximum Gasteiger partial charge on any atom is 0.416 e. The van der Waals surface area contributed by atoms with Crippen molar-refractivity contribution in [1.29, 1.82) is 5.26 Å². The molecule has 0 unspecified atom stereocenters. The molecule has 2 heterocycles. The van der Waals surface area contributed by atoms with Gasteiger partial charge in [0.05, 0.1) is 35.3 Å². The Morgan fingerprint density at radius 1 is 1.03 bits per heavy atom. The average molecular weight is 421 g/mol. The van der Waals surface area contributed by atoms with Gasteiger partial charge in [0.1, 0.15) is 5.69 Å². The topological polar surface area (TPSA) is 74.3 Å². The van der Waals surface area contributed by atoms with E-state index >= 15 is 0 Å². The fourth-order valence-corrected chi connectivity index (χ4v) is 3.09. The summed E-state index contributed by atoms with van der Waals surface area (Å²) in [5.41, 5.74) is 1.94. The lowest BCUT2D eigenvalue weighted by molar-refractivity contribution is -0.137. The average Bonchev–Trinajstić information content (AvgIpc) is 3.21. The third-order valence-electron chi connectivity index (χ3n) is 4.81. The van der Waals surface area contributed by atoms with Crippen molar-refractivity contribution in [2.24, 2.45) is 0 Å². The summed E-state index contributed by atoms with van der Waals surface area (Å²) in [6.07, 6.45) is 0.0149. The number of amides is 1. The smallest absolute Gasteiger partial charge is 0.310 e. The van der Waals surface area contributed by atoms with Gasteiger partial charge < -0.3 is 4.90 Å². The Balaban J connectivity index is 1.67. The van der Waals surface area contributed by atoms with Crippen molar-refractivity contribution in [3.8, 4) is 17.3 Å². The SMILES string of the molecule is CN(C(=O)c1cn2c(-c3ccc(C(F)(F)F)cc3)cnc2cn1)c1ccc(C#N)cc1. The highest BCUT2D eigenvalue weighted by molar-refractivity contribution is 6.04. The molecule has 0 bridgehead atoms. The molecule has 31 heavy (non-hydrogen) atoms. The molecule has 2 aromatic carbocycles. The van der Waals surface area contributed by atoms with Gasteiger partial charge in [-0.3, -0.25) is 9.20 Å². The van der Waals surface area contributed by atoms with Crippen molar-refractivity contribution < 1.29 is 18.0 Å². The molecule has 4 aromatic rings. The van der Waals surface area contributed by atoms with Gasteiger partial charge in [-0.2, -0.15) is 18.4 Å². The van der Waals surface area contributed by atoms with E-state index in [9.17, 15) is 18.0 Å². The minimum atomic E-state index is -4.42. The molecule has 0 aliphatic rings. The van der Waals surface area contributed by atoms with Gasteiger partial charge in [-0.25, -0.2) is 9.97 Å². The Kier molecular flexibility index (Phi) is 4.91. The number of hydrogen-bond donors (Lipinski definition) is 0. The molecule has 2 aromatic heterocycles. The van der Waals surface area contributed by atoms with Crippen LogP contribution in [0.15, 0.2) is 67.1 Å². The monoisotopic (exact) mass is 421 g/mol. The van der Waals surface area contributed by atoms with Crippen LogP contribution in [0.2, 0.25) is 0 Å². The molecule has 4 rings (SSSR count). The second-order valence-electron chi connectivity index (χ2n) is 6.74. The number of aromatic nitrogens is 3. The predicted octanol–water partition coefficient (Wildman–Crippen LogP) is 4.56. The molecule has 0 N–H and O–H groups in total. The lowest BCUT2D eigenvalue weighted by atomic mass is 10.1. The molecule has 0 spiro atoms. The van der Waals surface area contributed by atoms with Crippen molar-refractivity contribution in [1.82, 2.24) is 14.4 Å². The van der Waals surface area contributed by atoms with E-state index in [1.165, 1.54) is 35.6 Å². The number of halogens is 3. The van der Waals surface area contributed by atoms with Crippen molar-refractivity contribution >= 4 is 17.2 Å². The van der Waals surface area contributed by atoms with E-state index in [-0.39, 0.29) is 5.69 Å². The lowest BCUT2D eigenvalue weighted by Crippen LogP contribution is -2.27. The summed E-state index contributed by atoms with van der Waals surface area (Å²) in [5, 5.41) is 8.90. The van der Waals surface area contributed by atoms with Crippen molar-refractivity contribution in [3.05, 3.63) is 83.9 Å². The molecule has 0 aliphatic heterocycles. The van der Waals surface area contributed by atoms with Crippen LogP contribution < -0.4 is 4.90 Å². The molecule has 9 heteroatoms. The maximum absolute atomic E-state index is 12.9. The zero-order valence-electron chi connectivity index (χ0n) is 16.1. The summed E-state index contributed by atoms with van der Waals surface area (Å²) in [5.74, 6) is -0.390. The van der Waals surface area contributed by atoms with Gasteiger partial charge in [-0.1, -0.05) is 12.1 Å². The van der Waals surface area contributed by atoms with Crippen LogP contribution in [-0.4, -0.2) is 27.3 Å². The first-order valence-electron chi connectivity index (χ1n) is 9.07. The summed E-state index contributed by atoms with van der Waals surface area (Å²) in [6, 6.07) is 13.3. The number of rotatable bonds is 3. The number of fused-ring (bicyclic) bond motifs is 1. The quantitative estimate of drug-likeness (QED) is 0.486. The van der Waals surface area contributed by atoms with Crippen LogP contribution in [0.3, 0.4) is 0 Å². The number of anilines is 1. The standard InChI is InChI=1S/C22H14F3N5O/c1-29(17-8-2-14(10-26)3-9-17)21(31)18-13-30-19(11-28-20(30)12-27-18)15-4-6-16(7-5-15)22(23,24)25/h2-9,11-13H,1H3. The zero-order chi connectivity index (χ0) is 22.2. The number of alkyl halides is 3. The molecule has 0 radical (unpaired) electrons. The Bertz CT molecular complexity index is 1300. The number of nitriles is 1. The van der Waals surface area contributed by atoms with Gasteiger partial charge >= 0.3 is 6.18 Å². The van der Waals surface area contributed by atoms with E-state index < -0.39 is 17.6 Å². The van der Waals surface area contributed by atoms with Gasteiger partial charge in [0.2, 0.25) is 0 Å². The van der Waals surface area contributed by atoms with E-state index in [1.54, 1.807) is 35.7 Å². The van der Waals surface area contributed by atoms with Gasteiger partial charge in [0, 0.05) is 24.5 Å². The lowest BCUT2D eigenvalue weighted by Gasteiger charge is -2.17. The second-order valence-corrected chi connectivity index (χ2v) is 6.74. The summed E-state index contributed by atoms with van der Waals surface area (Å²) in [6.45, 7) is 0. The molecular formula is C22H14F3N5O. The number of benzene rings is 2. The van der Waals surface area contributed by atoms with Gasteiger partial charge in [-0.15, -0.1) is 0 Å². The van der Waals surface area contributed by atoms with E-state index in [4.69, 9.17) is 5.26 Å². The highest BCUT2D eigenvalue weighted by atomic mass is 19.4. The normalized spacial score (nSPS) is 11.3. The van der Waals surface area contributed by atoms with E-state index in [2.05, 4.69) is 9.97 Å². The number of hydrogen-bond acceptors (Lipinski definition) is 4. The van der Waals surface area contributed by atoms with Crippen molar-refractivity contribution in [3.63, 3.8) is 0 Å². The van der Waals surface area contributed by atoms with E-state index in [1.807, 2.05) is 6.07 Å². The minimum Gasteiger partial charge on any atom is -0.310 e. The Hall–Kier alpha value is -4.19. The van der Waals surface area contributed by atoms with Crippen LogP contribution in [0.25, 0.3) is 16.9 Å². The van der Waals surface area contributed by atoms with Crippen LogP contribution in [-0.2, 0) is 6.18 Å². The van der Waals surface area contributed by atoms with Crippen LogP contribution in [0, 0.1) is 11.3 Å². The number of carbonyl (C=O) groups excluding carboxylic acids is 1. The Morgan fingerprint density at radius 2 is 1.71 bits per heavy atom. The molecule has 1 amide bonds. The minimum absolute atomic E-state index is 0.130. The zero-order valence-corrected chi connectivity index (χ0v) is 16.1. The van der Waals surface area contributed by atoms with Gasteiger partial charge in [0.15, 0.2) is 5.65 Å². The predicted molar refractivity (Wildman–Crippen MR) is 107 cm³/mol. The first kappa shape index (κ1) is 20.1. The highest BCUT2D eigenvalue weighted by Gasteiger charge is 2.30. The highest BCUT2D eigenvalue weighted by Crippen LogP contribution is 2.31. The molecule has 0 saturated carbocycles. The molecule has 0 atom stereocenters. The summed E-state index contributed by atoms with van der Waals surface area (Å²) < 4.78 is 40.1. The van der Waals surface area contributed by atoms with Crippen molar-refractivity contribution in [2.45, 2.75) is 6.18 Å². The first-order chi connectivity index (χ1) is 14.8. The fourth-order valence-electron chi connectivity index (χ4n) is 3.09. The largest absolute Gasteiger partial charge is 0.416 e. The Morgan fingerprint density at radius 3 is 2.32 bits per heavy atom. The molecule has 0 saturated heterocycles. The van der Waals surface area contributed by atoms with Gasteiger partial charge in [-0.05, 0) is 36.4 Å². The number of imidazole rings is 1. The first-order valence-corrected chi connectivity index (χ1v) is 9.07. The second kappa shape index (κ2) is 7.57. The number of nitrogens with zero attached hydrogens (tertiary/aromatic N) is 5. The molecule has 0 fully saturated rings. The number of carbonyl (C=O) groups is 1. The fraction of sp³-hybridized carbons (Fsp3) is 0.0909. The van der Waals surface area contributed by atoms with Crippen LogP contribution in [0.4, 0.5) is 18.9 Å². The molecule has 154 valence electrons. The molecule has 6 nitrogen and oxygen atoms in total. The van der Waals surface area contributed by atoms with Crippen molar-refractivity contribution in [2.75, 3.05) is 11.9 Å². The van der Waals surface area contributed by atoms with Crippen LogP contribution >= 0.6 is 0 Å². The third kappa shape index (κ3) is 3.83. The summed E-state index contributed by atoms with van der Waals surface area (Å²) in [4.78, 5) is 22.7. The molecular weight excluding hydrogens is 407 g/mol. The van der Waals surface area contributed by atoms with Gasteiger partial charge in [0.25, 0.3) is 5.91 Å². The third-order valence-corrected chi connectivity index (χ3v) is 4.81. The van der Waals surface area contributed by atoms with E-state index in [0.29, 0.717) is 28.2 Å². The Labute approximate surface area is 174 Å².